The molecule has 0 bridgehead atoms. The standard InChI is InChI=1S/C29H45ClN2O2/c1-18-13-24-26(32(16-18)12-11-30)19(2)5-9-28-23(20(3)17-34-24)15-25-27(4)8-7-22(33)14-21(27)6-10-29(25,28)31-28/h6,18-19,22,24-26,31,33H,5,7-17H2,1-4H3/b23-20-/t18-,19-,22-,24+,25?,26-,27-,28?,29-/m0/s1. The van der Waals surface area contributed by atoms with E-state index in [2.05, 4.69) is 44.0 Å². The Morgan fingerprint density at radius 2 is 2.06 bits per heavy atom. The van der Waals surface area contributed by atoms with Crippen molar-refractivity contribution >= 4 is 11.6 Å². The quantitative estimate of drug-likeness (QED) is 0.324. The summed E-state index contributed by atoms with van der Waals surface area (Å²) in [5, 5.41) is 14.6. The van der Waals surface area contributed by atoms with Crippen LogP contribution in [-0.4, -0.2) is 64.9 Å². The highest BCUT2D eigenvalue weighted by Crippen LogP contribution is 2.71. The van der Waals surface area contributed by atoms with Gasteiger partial charge in [0.15, 0.2) is 0 Å². The number of nitrogens with zero attached hydrogens (tertiary/aromatic N) is 1. The molecule has 6 rings (SSSR count). The van der Waals surface area contributed by atoms with Crippen LogP contribution in [0.15, 0.2) is 22.8 Å². The molecule has 2 unspecified atom stereocenters. The maximum Gasteiger partial charge on any atom is 0.0740 e. The van der Waals surface area contributed by atoms with Gasteiger partial charge in [-0.15, -0.1) is 11.6 Å². The Labute approximate surface area is 211 Å². The molecular weight excluding hydrogens is 444 g/mol. The number of hydrogen-bond donors (Lipinski definition) is 2. The number of aliphatic hydroxyl groups excluding tert-OH is 1. The van der Waals surface area contributed by atoms with Crippen LogP contribution in [0.1, 0.15) is 79.1 Å². The fraction of sp³-hybridized carbons (Fsp3) is 0.862. The first-order chi connectivity index (χ1) is 16.2. The molecule has 2 N–H and O–H groups in total. The fourth-order valence-electron chi connectivity index (χ4n) is 9.50. The van der Waals surface area contributed by atoms with Crippen LogP contribution in [0.2, 0.25) is 0 Å². The van der Waals surface area contributed by atoms with Gasteiger partial charge < -0.3 is 9.84 Å². The number of halogens is 1. The van der Waals surface area contributed by atoms with E-state index in [0.717, 1.165) is 45.4 Å². The van der Waals surface area contributed by atoms with Crippen molar-refractivity contribution in [1.29, 1.82) is 0 Å². The van der Waals surface area contributed by atoms with Crippen molar-refractivity contribution in [3.63, 3.8) is 0 Å². The van der Waals surface area contributed by atoms with Crippen molar-refractivity contribution in [2.45, 2.75) is 108 Å². The largest absolute Gasteiger partial charge is 0.393 e. The molecule has 0 aromatic rings. The molecule has 0 aromatic heterocycles. The van der Waals surface area contributed by atoms with E-state index in [-0.39, 0.29) is 22.6 Å². The zero-order valence-electron chi connectivity index (χ0n) is 21.7. The average Bonchev–Trinajstić information content (AvgIpc) is 3.34. The predicted molar refractivity (Wildman–Crippen MR) is 138 cm³/mol. The Morgan fingerprint density at radius 3 is 2.85 bits per heavy atom. The van der Waals surface area contributed by atoms with E-state index in [1.807, 2.05) is 0 Å². The van der Waals surface area contributed by atoms with Gasteiger partial charge in [-0.2, -0.15) is 0 Å². The second-order valence-electron chi connectivity index (χ2n) is 13.1. The summed E-state index contributed by atoms with van der Waals surface area (Å²) >= 11 is 6.25. The minimum atomic E-state index is -0.145. The first-order valence-electron chi connectivity index (χ1n) is 14.0. The number of aliphatic hydroxyl groups is 1. The van der Waals surface area contributed by atoms with Crippen LogP contribution < -0.4 is 5.32 Å². The van der Waals surface area contributed by atoms with E-state index >= 15 is 0 Å². The van der Waals surface area contributed by atoms with Crippen LogP contribution in [0.4, 0.5) is 0 Å². The smallest absolute Gasteiger partial charge is 0.0740 e. The van der Waals surface area contributed by atoms with Gasteiger partial charge in [-0.05, 0) is 92.6 Å². The molecule has 0 amide bonds. The van der Waals surface area contributed by atoms with Crippen LogP contribution in [0, 0.1) is 23.2 Å². The third kappa shape index (κ3) is 3.31. The molecule has 190 valence electrons. The molecule has 3 aliphatic carbocycles. The van der Waals surface area contributed by atoms with Gasteiger partial charge in [0.05, 0.1) is 24.4 Å². The monoisotopic (exact) mass is 488 g/mol. The van der Waals surface area contributed by atoms with Crippen molar-refractivity contribution in [2.75, 3.05) is 25.6 Å². The molecule has 6 aliphatic rings. The summed E-state index contributed by atoms with van der Waals surface area (Å²) in [5.41, 5.74) is 5.30. The normalized spacial score (nSPS) is 53.1. The summed E-state index contributed by atoms with van der Waals surface area (Å²) in [4.78, 5) is 2.65. The van der Waals surface area contributed by atoms with E-state index in [1.165, 1.54) is 36.8 Å². The van der Waals surface area contributed by atoms with Crippen molar-refractivity contribution in [3.8, 4) is 0 Å². The molecule has 2 spiro atoms. The van der Waals surface area contributed by atoms with Crippen molar-refractivity contribution < 1.29 is 9.84 Å². The number of alkyl halides is 1. The summed E-state index contributed by atoms with van der Waals surface area (Å²) in [6.07, 6.45) is 11.6. The minimum absolute atomic E-state index is 0.145. The summed E-state index contributed by atoms with van der Waals surface area (Å²) in [6, 6.07) is 0.475. The third-order valence-corrected chi connectivity index (χ3v) is 11.4. The number of likely N-dealkylation sites (tertiary alicyclic amines) is 1. The molecule has 0 aromatic carbocycles. The van der Waals surface area contributed by atoms with Gasteiger partial charge in [-0.3, -0.25) is 10.2 Å². The molecular formula is C29H45ClN2O2. The highest BCUT2D eigenvalue weighted by molar-refractivity contribution is 6.18. The predicted octanol–water partition coefficient (Wildman–Crippen LogP) is 5.05. The van der Waals surface area contributed by atoms with Crippen LogP contribution >= 0.6 is 11.6 Å². The molecule has 4 nitrogen and oxygen atoms in total. The van der Waals surface area contributed by atoms with Gasteiger partial charge in [-0.1, -0.05) is 32.4 Å². The lowest BCUT2D eigenvalue weighted by atomic mass is 9.56. The maximum absolute atomic E-state index is 10.4. The zero-order chi connectivity index (χ0) is 23.9. The Morgan fingerprint density at radius 1 is 1.24 bits per heavy atom. The van der Waals surface area contributed by atoms with Crippen molar-refractivity contribution in [3.05, 3.63) is 22.8 Å². The summed E-state index contributed by atoms with van der Waals surface area (Å²) < 4.78 is 6.80. The molecule has 5 heteroatoms. The Bertz CT molecular complexity index is 903. The number of rotatable bonds is 2. The minimum Gasteiger partial charge on any atom is -0.393 e. The van der Waals surface area contributed by atoms with E-state index in [4.69, 9.17) is 16.3 Å². The number of nitrogens with one attached hydrogen (secondary N) is 1. The lowest BCUT2D eigenvalue weighted by molar-refractivity contribution is -0.0698. The van der Waals surface area contributed by atoms with Gasteiger partial charge in [0.1, 0.15) is 0 Å². The molecule has 9 atom stereocenters. The topological polar surface area (TPSA) is 54.6 Å². The first kappa shape index (κ1) is 24.0. The molecule has 34 heavy (non-hydrogen) atoms. The highest BCUT2D eigenvalue weighted by Gasteiger charge is 2.78. The van der Waals surface area contributed by atoms with E-state index in [9.17, 15) is 5.11 Å². The Kier molecular flexibility index (Phi) is 5.86. The van der Waals surface area contributed by atoms with Crippen LogP contribution in [0.3, 0.4) is 0 Å². The molecule has 2 saturated carbocycles. The lowest BCUT2D eigenvalue weighted by Crippen LogP contribution is -2.55. The molecule has 2 saturated heterocycles. The summed E-state index contributed by atoms with van der Waals surface area (Å²) in [7, 11) is 0. The number of piperidine rings is 2. The first-order valence-corrected chi connectivity index (χ1v) is 14.5. The maximum atomic E-state index is 10.4. The van der Waals surface area contributed by atoms with Crippen molar-refractivity contribution in [1.82, 2.24) is 10.2 Å². The third-order valence-electron chi connectivity index (χ3n) is 11.2. The Hall–Kier alpha value is -0.390. The highest BCUT2D eigenvalue weighted by atomic mass is 35.5. The van der Waals surface area contributed by atoms with Crippen molar-refractivity contribution in [2.24, 2.45) is 23.2 Å². The van der Waals surface area contributed by atoms with Crippen LogP contribution in [0.25, 0.3) is 0 Å². The summed E-state index contributed by atoms with van der Waals surface area (Å²) in [6.45, 7) is 12.6. The van der Waals surface area contributed by atoms with E-state index < -0.39 is 0 Å². The van der Waals surface area contributed by atoms with Gasteiger partial charge >= 0.3 is 0 Å². The lowest BCUT2D eigenvalue weighted by Gasteiger charge is -2.49. The molecule has 3 heterocycles. The van der Waals surface area contributed by atoms with Crippen LogP contribution in [-0.2, 0) is 4.74 Å². The van der Waals surface area contributed by atoms with Gasteiger partial charge in [0.2, 0.25) is 0 Å². The number of ether oxygens (including phenoxy) is 1. The Balaban J connectivity index is 1.34. The van der Waals surface area contributed by atoms with Gasteiger partial charge in [0.25, 0.3) is 0 Å². The SMILES string of the molecule is C/C1=C2\CC3[C@@]4(C)CC[C@H](O)CC4=CC[C@]34NC24CC[C@H](C)[C@H]2[C@@H](C[C@H](C)CN2CCCl)OC1. The van der Waals surface area contributed by atoms with Gasteiger partial charge in [0, 0.05) is 30.6 Å². The van der Waals surface area contributed by atoms with E-state index in [0.29, 0.717) is 35.8 Å². The second kappa shape index (κ2) is 8.31. The second-order valence-corrected chi connectivity index (χ2v) is 13.5. The number of fused-ring (bicyclic) bond motifs is 3. The molecule has 4 fully saturated rings. The van der Waals surface area contributed by atoms with Crippen LogP contribution in [0.5, 0.6) is 0 Å². The van der Waals surface area contributed by atoms with E-state index in [1.54, 1.807) is 5.57 Å². The average molecular weight is 489 g/mol. The zero-order valence-corrected chi connectivity index (χ0v) is 22.5. The number of hydrogen-bond acceptors (Lipinski definition) is 4. The van der Waals surface area contributed by atoms with Gasteiger partial charge in [-0.25, -0.2) is 0 Å². The molecule has 0 radical (unpaired) electrons. The molecule has 3 aliphatic heterocycles. The summed E-state index contributed by atoms with van der Waals surface area (Å²) in [5.74, 6) is 2.60. The fourth-order valence-corrected chi connectivity index (χ4v) is 9.72.